The van der Waals surface area contributed by atoms with E-state index >= 15 is 0 Å². The molecule has 0 aliphatic carbocycles. The van der Waals surface area contributed by atoms with Crippen LogP contribution in [0.2, 0.25) is 5.02 Å². The number of halogens is 1. The minimum atomic E-state index is -1.08. The molecule has 2 atom stereocenters. The Morgan fingerprint density at radius 3 is 2.45 bits per heavy atom. The third-order valence-electron chi connectivity index (χ3n) is 4.50. The molecule has 1 aliphatic rings. The predicted octanol–water partition coefficient (Wildman–Crippen LogP) is 4.85. The van der Waals surface area contributed by atoms with E-state index in [1.165, 1.54) is 4.90 Å². The van der Waals surface area contributed by atoms with Gasteiger partial charge in [0.15, 0.2) is 0 Å². The Balaban J connectivity index is 1.83. The van der Waals surface area contributed by atoms with E-state index in [4.69, 9.17) is 21.1 Å². The standard InChI is InChI=1S/C22H24ClNO5/c1-22(2,3)29-21(27)24-13-16(12-18(24)20(25)26)28-19-10-9-15(23)11-17(19)14-7-5-4-6-8-14/h4-11,16,18H,12-13H2,1-3H3,(H,25,26)/t16-,18-/m1/s1. The highest BCUT2D eigenvalue weighted by Crippen LogP contribution is 2.35. The van der Waals surface area contributed by atoms with Crippen LogP contribution >= 0.6 is 11.6 Å². The maximum atomic E-state index is 12.5. The molecule has 3 rings (SSSR count). The van der Waals surface area contributed by atoms with Crippen LogP contribution in [0.1, 0.15) is 27.2 Å². The van der Waals surface area contributed by atoms with Gasteiger partial charge in [0.05, 0.1) is 6.54 Å². The maximum absolute atomic E-state index is 12.5. The van der Waals surface area contributed by atoms with Crippen LogP contribution < -0.4 is 4.74 Å². The molecule has 1 fully saturated rings. The fourth-order valence-corrected chi connectivity index (χ4v) is 3.44. The Labute approximate surface area is 175 Å². The van der Waals surface area contributed by atoms with Gasteiger partial charge in [-0.15, -0.1) is 0 Å². The molecule has 0 aromatic heterocycles. The van der Waals surface area contributed by atoms with E-state index in [-0.39, 0.29) is 13.0 Å². The topological polar surface area (TPSA) is 76.1 Å². The number of rotatable bonds is 4. The van der Waals surface area contributed by atoms with Crippen LogP contribution in [0, 0.1) is 0 Å². The average molecular weight is 418 g/mol. The predicted molar refractivity (Wildman–Crippen MR) is 110 cm³/mol. The molecule has 1 aliphatic heterocycles. The van der Waals surface area contributed by atoms with Crippen molar-refractivity contribution in [3.05, 3.63) is 53.6 Å². The Morgan fingerprint density at radius 2 is 1.83 bits per heavy atom. The molecule has 154 valence electrons. The van der Waals surface area contributed by atoms with Crippen molar-refractivity contribution in [1.82, 2.24) is 4.90 Å². The first-order valence-electron chi connectivity index (χ1n) is 9.38. The number of hydrogen-bond donors (Lipinski definition) is 1. The monoisotopic (exact) mass is 417 g/mol. The van der Waals surface area contributed by atoms with E-state index in [9.17, 15) is 14.7 Å². The number of hydrogen-bond acceptors (Lipinski definition) is 4. The van der Waals surface area contributed by atoms with E-state index in [1.54, 1.807) is 32.9 Å². The summed E-state index contributed by atoms with van der Waals surface area (Å²) in [6.45, 7) is 5.35. The van der Waals surface area contributed by atoms with Gasteiger partial charge in [0.1, 0.15) is 23.5 Å². The SMILES string of the molecule is CC(C)(C)OC(=O)N1C[C@H](Oc2ccc(Cl)cc2-c2ccccc2)C[C@@H]1C(=O)O. The molecule has 29 heavy (non-hydrogen) atoms. The molecular formula is C22H24ClNO5. The van der Waals surface area contributed by atoms with Crippen molar-refractivity contribution in [3.8, 4) is 16.9 Å². The van der Waals surface area contributed by atoms with Crippen molar-refractivity contribution in [2.45, 2.75) is 44.9 Å². The van der Waals surface area contributed by atoms with Gasteiger partial charge >= 0.3 is 12.1 Å². The third-order valence-corrected chi connectivity index (χ3v) is 4.73. The zero-order valence-electron chi connectivity index (χ0n) is 16.6. The molecule has 2 aromatic carbocycles. The first kappa shape index (κ1) is 21.0. The molecule has 0 spiro atoms. The van der Waals surface area contributed by atoms with Crippen LogP contribution in [-0.2, 0) is 9.53 Å². The largest absolute Gasteiger partial charge is 0.488 e. The van der Waals surface area contributed by atoms with E-state index in [0.717, 1.165) is 11.1 Å². The second-order valence-electron chi connectivity index (χ2n) is 7.97. The van der Waals surface area contributed by atoms with Gasteiger partial charge in [-0.3, -0.25) is 4.90 Å². The van der Waals surface area contributed by atoms with Gasteiger partial charge in [-0.1, -0.05) is 41.9 Å². The Kier molecular flexibility index (Phi) is 6.03. The molecule has 1 saturated heterocycles. The molecule has 7 heteroatoms. The molecule has 0 radical (unpaired) electrons. The molecule has 6 nitrogen and oxygen atoms in total. The van der Waals surface area contributed by atoms with Gasteiger partial charge in [0, 0.05) is 17.0 Å². The highest BCUT2D eigenvalue weighted by molar-refractivity contribution is 6.31. The van der Waals surface area contributed by atoms with Crippen LogP contribution in [-0.4, -0.2) is 46.4 Å². The quantitative estimate of drug-likeness (QED) is 0.769. The molecule has 2 aromatic rings. The van der Waals surface area contributed by atoms with Crippen LogP contribution in [0.25, 0.3) is 11.1 Å². The number of carboxylic acids is 1. The lowest BCUT2D eigenvalue weighted by atomic mass is 10.0. The van der Waals surface area contributed by atoms with Gasteiger partial charge in [0.25, 0.3) is 0 Å². The summed E-state index contributed by atoms with van der Waals surface area (Å²) in [6.07, 6.45) is -0.964. The Hall–Kier alpha value is -2.73. The van der Waals surface area contributed by atoms with Crippen molar-refractivity contribution in [2.24, 2.45) is 0 Å². The van der Waals surface area contributed by atoms with Gasteiger partial charge in [-0.05, 0) is 44.5 Å². The molecule has 0 saturated carbocycles. The minimum Gasteiger partial charge on any atom is -0.488 e. The number of benzene rings is 2. The van der Waals surface area contributed by atoms with E-state index in [0.29, 0.717) is 10.8 Å². The van der Waals surface area contributed by atoms with Crippen molar-refractivity contribution < 1.29 is 24.2 Å². The number of ether oxygens (including phenoxy) is 2. The second kappa shape index (κ2) is 8.33. The third kappa shape index (κ3) is 5.21. The Morgan fingerprint density at radius 1 is 1.14 bits per heavy atom. The molecule has 1 heterocycles. The normalized spacial score (nSPS) is 19.1. The summed E-state index contributed by atoms with van der Waals surface area (Å²) in [5, 5.41) is 10.1. The maximum Gasteiger partial charge on any atom is 0.411 e. The number of amides is 1. The number of carbonyl (C=O) groups excluding carboxylic acids is 1. The zero-order valence-corrected chi connectivity index (χ0v) is 17.3. The smallest absolute Gasteiger partial charge is 0.411 e. The summed E-state index contributed by atoms with van der Waals surface area (Å²) < 4.78 is 11.5. The van der Waals surface area contributed by atoms with Crippen molar-refractivity contribution >= 4 is 23.7 Å². The number of aliphatic carboxylic acids is 1. The van der Waals surface area contributed by atoms with Crippen LogP contribution in [0.3, 0.4) is 0 Å². The van der Waals surface area contributed by atoms with E-state index < -0.39 is 29.8 Å². The summed E-state index contributed by atoms with van der Waals surface area (Å²) in [4.78, 5) is 25.4. The molecule has 1 N–H and O–H groups in total. The van der Waals surface area contributed by atoms with E-state index in [2.05, 4.69) is 0 Å². The van der Waals surface area contributed by atoms with Gasteiger partial charge in [0.2, 0.25) is 0 Å². The van der Waals surface area contributed by atoms with Crippen LogP contribution in [0.5, 0.6) is 5.75 Å². The molecule has 0 unspecified atom stereocenters. The lowest BCUT2D eigenvalue weighted by molar-refractivity contribution is -0.142. The fourth-order valence-electron chi connectivity index (χ4n) is 3.27. The lowest BCUT2D eigenvalue weighted by Gasteiger charge is -2.26. The molecule has 0 bridgehead atoms. The summed E-state index contributed by atoms with van der Waals surface area (Å²) >= 11 is 6.17. The molecule has 1 amide bonds. The summed E-state index contributed by atoms with van der Waals surface area (Å²) in [6, 6.07) is 13.9. The number of nitrogens with zero attached hydrogens (tertiary/aromatic N) is 1. The lowest BCUT2D eigenvalue weighted by Crippen LogP contribution is -2.43. The first-order chi connectivity index (χ1) is 13.6. The van der Waals surface area contributed by atoms with Crippen molar-refractivity contribution in [3.63, 3.8) is 0 Å². The highest BCUT2D eigenvalue weighted by Gasteiger charge is 2.42. The summed E-state index contributed by atoms with van der Waals surface area (Å²) in [5.74, 6) is -0.498. The average Bonchev–Trinajstić information content (AvgIpc) is 3.07. The second-order valence-corrected chi connectivity index (χ2v) is 8.41. The van der Waals surface area contributed by atoms with Crippen molar-refractivity contribution in [2.75, 3.05) is 6.54 Å². The highest BCUT2D eigenvalue weighted by atomic mass is 35.5. The fraction of sp³-hybridized carbons (Fsp3) is 0.364. The number of likely N-dealkylation sites (tertiary alicyclic amines) is 1. The minimum absolute atomic E-state index is 0.128. The van der Waals surface area contributed by atoms with Gasteiger partial charge < -0.3 is 14.6 Å². The van der Waals surface area contributed by atoms with Crippen LogP contribution in [0.4, 0.5) is 4.79 Å². The van der Waals surface area contributed by atoms with Crippen LogP contribution in [0.15, 0.2) is 48.5 Å². The number of carboxylic acid groups (broad SMARTS) is 1. The van der Waals surface area contributed by atoms with Crippen molar-refractivity contribution in [1.29, 1.82) is 0 Å². The van der Waals surface area contributed by atoms with E-state index in [1.807, 2.05) is 36.4 Å². The Bertz CT molecular complexity index is 894. The summed E-state index contributed by atoms with van der Waals surface area (Å²) in [5.41, 5.74) is 1.03. The first-order valence-corrected chi connectivity index (χ1v) is 9.76. The zero-order chi connectivity index (χ0) is 21.2. The van der Waals surface area contributed by atoms with Gasteiger partial charge in [-0.25, -0.2) is 9.59 Å². The number of carbonyl (C=O) groups is 2. The molecular weight excluding hydrogens is 394 g/mol. The van der Waals surface area contributed by atoms with Gasteiger partial charge in [-0.2, -0.15) is 0 Å². The summed E-state index contributed by atoms with van der Waals surface area (Å²) in [7, 11) is 0.